The molecular weight excluding hydrogens is 326 g/mol. The molecule has 0 saturated heterocycles. The standard InChI is InChI=1S/C18H21NO4S/c1-3-13(2)14-4-6-15(7-5-14)19-24(20,21)16-8-9-17-18(12-16)23-11-10-22-17/h4-9,12-13,19H,3,10-11H2,1-2H3/t13-/m1/s1. The van der Waals surface area contributed by atoms with Gasteiger partial charge in [-0.1, -0.05) is 26.0 Å². The molecule has 3 rings (SSSR count). The molecule has 1 aliphatic rings. The molecule has 2 aromatic carbocycles. The molecular formula is C18H21NO4S. The van der Waals surface area contributed by atoms with E-state index >= 15 is 0 Å². The Labute approximate surface area is 142 Å². The lowest BCUT2D eigenvalue weighted by atomic mass is 9.99. The topological polar surface area (TPSA) is 64.6 Å². The Morgan fingerprint density at radius 1 is 1.04 bits per heavy atom. The third-order valence-electron chi connectivity index (χ3n) is 4.17. The van der Waals surface area contributed by atoms with Crippen LogP contribution in [0.15, 0.2) is 47.4 Å². The van der Waals surface area contributed by atoms with Gasteiger partial charge in [-0.15, -0.1) is 0 Å². The highest BCUT2D eigenvalue weighted by molar-refractivity contribution is 7.92. The fourth-order valence-electron chi connectivity index (χ4n) is 2.52. The lowest BCUT2D eigenvalue weighted by Gasteiger charge is -2.19. The van der Waals surface area contributed by atoms with Gasteiger partial charge in [0.05, 0.1) is 4.90 Å². The molecule has 0 saturated carbocycles. The first-order chi connectivity index (χ1) is 11.5. The molecule has 0 amide bonds. The number of rotatable bonds is 5. The summed E-state index contributed by atoms with van der Waals surface area (Å²) in [6.07, 6.45) is 1.04. The first-order valence-corrected chi connectivity index (χ1v) is 9.50. The zero-order valence-electron chi connectivity index (χ0n) is 13.8. The Hall–Kier alpha value is -2.21. The molecule has 0 unspecified atom stereocenters. The average molecular weight is 347 g/mol. The molecule has 128 valence electrons. The minimum atomic E-state index is -3.67. The highest BCUT2D eigenvalue weighted by atomic mass is 32.2. The molecule has 1 N–H and O–H groups in total. The van der Waals surface area contributed by atoms with E-state index < -0.39 is 10.0 Å². The van der Waals surface area contributed by atoms with Gasteiger partial charge in [0.1, 0.15) is 13.2 Å². The molecule has 5 nitrogen and oxygen atoms in total. The molecule has 2 aromatic rings. The predicted octanol–water partition coefficient (Wildman–Crippen LogP) is 3.77. The highest BCUT2D eigenvalue weighted by Gasteiger charge is 2.19. The molecule has 1 aliphatic heterocycles. The number of ether oxygens (including phenoxy) is 2. The van der Waals surface area contributed by atoms with Crippen LogP contribution < -0.4 is 14.2 Å². The van der Waals surface area contributed by atoms with Gasteiger partial charge >= 0.3 is 0 Å². The number of fused-ring (bicyclic) bond motifs is 1. The third kappa shape index (κ3) is 3.48. The number of nitrogens with one attached hydrogen (secondary N) is 1. The fourth-order valence-corrected chi connectivity index (χ4v) is 3.59. The van der Waals surface area contributed by atoms with E-state index in [9.17, 15) is 8.42 Å². The molecule has 6 heteroatoms. The van der Waals surface area contributed by atoms with Crippen LogP contribution in [0.3, 0.4) is 0 Å². The first-order valence-electron chi connectivity index (χ1n) is 8.02. The molecule has 0 fully saturated rings. The van der Waals surface area contributed by atoms with Gasteiger partial charge in [-0.3, -0.25) is 4.72 Å². The monoisotopic (exact) mass is 347 g/mol. The van der Waals surface area contributed by atoms with E-state index in [1.54, 1.807) is 18.2 Å². The molecule has 0 bridgehead atoms. The molecule has 24 heavy (non-hydrogen) atoms. The lowest BCUT2D eigenvalue weighted by Crippen LogP contribution is -2.17. The van der Waals surface area contributed by atoms with Crippen LogP contribution in [0, 0.1) is 0 Å². The van der Waals surface area contributed by atoms with Gasteiger partial charge in [0, 0.05) is 11.8 Å². The quantitative estimate of drug-likeness (QED) is 0.894. The zero-order valence-corrected chi connectivity index (χ0v) is 14.6. The third-order valence-corrected chi connectivity index (χ3v) is 5.55. The van der Waals surface area contributed by atoms with Crippen molar-refractivity contribution in [1.29, 1.82) is 0 Å². The van der Waals surface area contributed by atoms with Crippen LogP contribution in [0.5, 0.6) is 11.5 Å². The first kappa shape index (κ1) is 16.6. The van der Waals surface area contributed by atoms with Crippen molar-refractivity contribution in [2.75, 3.05) is 17.9 Å². The number of hydrogen-bond donors (Lipinski definition) is 1. The van der Waals surface area contributed by atoms with Crippen LogP contribution in [0.1, 0.15) is 31.7 Å². The van der Waals surface area contributed by atoms with Gasteiger partial charge in [0.25, 0.3) is 10.0 Å². The van der Waals surface area contributed by atoms with Crippen molar-refractivity contribution >= 4 is 15.7 Å². The molecule has 0 aromatic heterocycles. The van der Waals surface area contributed by atoms with Gasteiger partial charge in [0.15, 0.2) is 11.5 Å². The van der Waals surface area contributed by atoms with Crippen molar-refractivity contribution in [2.24, 2.45) is 0 Å². The average Bonchev–Trinajstić information content (AvgIpc) is 2.61. The number of sulfonamides is 1. The van der Waals surface area contributed by atoms with Crippen LogP contribution in [0.25, 0.3) is 0 Å². The summed E-state index contributed by atoms with van der Waals surface area (Å²) >= 11 is 0. The van der Waals surface area contributed by atoms with Crippen molar-refractivity contribution in [3.05, 3.63) is 48.0 Å². The minimum absolute atomic E-state index is 0.151. The van der Waals surface area contributed by atoms with Crippen LogP contribution in [0.4, 0.5) is 5.69 Å². The maximum Gasteiger partial charge on any atom is 0.262 e. The van der Waals surface area contributed by atoms with Crippen LogP contribution in [-0.2, 0) is 10.0 Å². The van der Waals surface area contributed by atoms with Gasteiger partial charge in [0.2, 0.25) is 0 Å². The summed E-state index contributed by atoms with van der Waals surface area (Å²) in [5.74, 6) is 1.47. The Balaban J connectivity index is 1.81. The summed E-state index contributed by atoms with van der Waals surface area (Å²) < 4.78 is 38.6. The Morgan fingerprint density at radius 3 is 2.38 bits per heavy atom. The molecule has 0 radical (unpaired) electrons. The van der Waals surface area contributed by atoms with Crippen LogP contribution in [-0.4, -0.2) is 21.6 Å². The van der Waals surface area contributed by atoms with E-state index in [2.05, 4.69) is 18.6 Å². The van der Waals surface area contributed by atoms with Crippen molar-refractivity contribution in [1.82, 2.24) is 0 Å². The van der Waals surface area contributed by atoms with Crippen LogP contribution in [0.2, 0.25) is 0 Å². The van der Waals surface area contributed by atoms with E-state index in [1.807, 2.05) is 12.1 Å². The molecule has 0 aliphatic carbocycles. The molecule has 0 spiro atoms. The summed E-state index contributed by atoms with van der Waals surface area (Å²) in [4.78, 5) is 0.151. The minimum Gasteiger partial charge on any atom is -0.486 e. The van der Waals surface area contributed by atoms with Crippen molar-refractivity contribution in [2.45, 2.75) is 31.1 Å². The number of benzene rings is 2. The Bertz CT molecular complexity index is 815. The second-order valence-corrected chi connectivity index (χ2v) is 7.52. The normalized spacial score (nSPS) is 14.9. The van der Waals surface area contributed by atoms with Gasteiger partial charge in [-0.05, 0) is 42.2 Å². The SMILES string of the molecule is CC[C@@H](C)c1ccc(NS(=O)(=O)c2ccc3c(c2)OCCO3)cc1. The Kier molecular flexibility index (Phi) is 4.66. The fraction of sp³-hybridized carbons (Fsp3) is 0.333. The number of anilines is 1. The van der Waals surface area contributed by atoms with Crippen LogP contribution >= 0.6 is 0 Å². The van der Waals surface area contributed by atoms with E-state index in [4.69, 9.17) is 9.47 Å². The number of hydrogen-bond acceptors (Lipinski definition) is 4. The van der Waals surface area contributed by atoms with Gasteiger partial charge < -0.3 is 9.47 Å². The van der Waals surface area contributed by atoms with Crippen molar-refractivity contribution in [3.8, 4) is 11.5 Å². The maximum atomic E-state index is 12.6. The molecule has 1 heterocycles. The summed E-state index contributed by atoms with van der Waals surface area (Å²) in [6.45, 7) is 5.17. The smallest absolute Gasteiger partial charge is 0.262 e. The van der Waals surface area contributed by atoms with E-state index in [0.29, 0.717) is 36.3 Å². The van der Waals surface area contributed by atoms with E-state index in [0.717, 1.165) is 6.42 Å². The maximum absolute atomic E-state index is 12.6. The summed E-state index contributed by atoms with van der Waals surface area (Å²) in [5, 5.41) is 0. The second-order valence-electron chi connectivity index (χ2n) is 5.84. The zero-order chi connectivity index (χ0) is 17.2. The van der Waals surface area contributed by atoms with Crippen molar-refractivity contribution in [3.63, 3.8) is 0 Å². The van der Waals surface area contributed by atoms with Crippen molar-refractivity contribution < 1.29 is 17.9 Å². The Morgan fingerprint density at radius 2 is 1.71 bits per heavy atom. The summed E-state index contributed by atoms with van der Waals surface area (Å²) in [5.41, 5.74) is 1.73. The summed E-state index contributed by atoms with van der Waals surface area (Å²) in [6, 6.07) is 12.1. The highest BCUT2D eigenvalue weighted by Crippen LogP contribution is 2.32. The van der Waals surface area contributed by atoms with Gasteiger partial charge in [-0.25, -0.2) is 8.42 Å². The van der Waals surface area contributed by atoms with Gasteiger partial charge in [-0.2, -0.15) is 0 Å². The predicted molar refractivity (Wildman–Crippen MR) is 93.4 cm³/mol. The van der Waals surface area contributed by atoms with E-state index in [1.165, 1.54) is 17.7 Å². The largest absolute Gasteiger partial charge is 0.486 e. The molecule has 1 atom stereocenters. The lowest BCUT2D eigenvalue weighted by molar-refractivity contribution is 0.171. The van der Waals surface area contributed by atoms with E-state index in [-0.39, 0.29) is 4.90 Å². The summed E-state index contributed by atoms with van der Waals surface area (Å²) in [7, 11) is -3.67. The second kappa shape index (κ2) is 6.73.